The van der Waals surface area contributed by atoms with Crippen LogP contribution in [0.25, 0.3) is 11.2 Å². The number of hydrogen-bond donors (Lipinski definition) is 0. The van der Waals surface area contributed by atoms with Crippen LogP contribution in [0.1, 0.15) is 27.0 Å². The molecule has 0 radical (unpaired) electrons. The lowest BCUT2D eigenvalue weighted by Gasteiger charge is -2.40. The van der Waals surface area contributed by atoms with Gasteiger partial charge >= 0.3 is 17.9 Å². The van der Waals surface area contributed by atoms with E-state index in [-0.39, 0.29) is 28.2 Å². The van der Waals surface area contributed by atoms with Crippen LogP contribution in [0, 0.1) is 0 Å². The molecule has 0 N–H and O–H groups in total. The van der Waals surface area contributed by atoms with Gasteiger partial charge in [0, 0.05) is 20.8 Å². The minimum absolute atomic E-state index is 0.0212. The summed E-state index contributed by atoms with van der Waals surface area (Å²) < 4.78 is 23.1. The first-order valence-electron chi connectivity index (χ1n) is 8.36. The molecule has 1 aliphatic rings. The van der Waals surface area contributed by atoms with Crippen LogP contribution < -0.4 is 0 Å². The van der Waals surface area contributed by atoms with Crippen LogP contribution >= 0.6 is 23.2 Å². The molecule has 0 aromatic carbocycles. The fraction of sp³-hybridized carbons (Fsp3) is 0.500. The fourth-order valence-corrected chi connectivity index (χ4v) is 3.43. The quantitative estimate of drug-likeness (QED) is 0.294. The largest absolute Gasteiger partial charge is 0.456 e. The molecule has 0 bridgehead atoms. The zero-order valence-electron chi connectivity index (χ0n) is 15.5. The van der Waals surface area contributed by atoms with Crippen molar-refractivity contribution < 1.29 is 33.3 Å². The minimum atomic E-state index is -1.18. The van der Waals surface area contributed by atoms with Crippen LogP contribution in [0.3, 0.4) is 0 Å². The number of aromatic nitrogens is 4. The van der Waals surface area contributed by atoms with E-state index in [4.69, 9.17) is 42.1 Å². The van der Waals surface area contributed by atoms with E-state index in [2.05, 4.69) is 15.0 Å². The van der Waals surface area contributed by atoms with E-state index in [9.17, 15) is 14.4 Å². The van der Waals surface area contributed by atoms with E-state index in [1.54, 1.807) is 0 Å². The third-order valence-corrected chi connectivity index (χ3v) is 4.38. The number of rotatable bonds is 4. The predicted molar refractivity (Wildman–Crippen MR) is 97.0 cm³/mol. The maximum Gasteiger partial charge on any atom is 0.303 e. The molecule has 3 heterocycles. The SMILES string of the molecule is CC(=O)O[C@@H]1[C@H](OC(C)=O)[C@H](OC(C)=O)CO[C@@H]1n1cnc2c(Cl)nc(Cl)nc21. The maximum absolute atomic E-state index is 11.7. The average molecular weight is 447 g/mol. The highest BCUT2D eigenvalue weighted by Crippen LogP contribution is 2.33. The second-order valence-electron chi connectivity index (χ2n) is 6.13. The minimum Gasteiger partial charge on any atom is -0.456 e. The molecule has 156 valence electrons. The summed E-state index contributed by atoms with van der Waals surface area (Å²) in [4.78, 5) is 46.9. The summed E-state index contributed by atoms with van der Waals surface area (Å²) in [5.41, 5.74) is 0.456. The molecule has 4 atom stereocenters. The molecule has 0 amide bonds. The summed E-state index contributed by atoms with van der Waals surface area (Å²) in [5, 5.41) is -0.105. The molecule has 0 unspecified atom stereocenters. The van der Waals surface area contributed by atoms with E-state index in [1.165, 1.54) is 31.7 Å². The highest BCUT2D eigenvalue weighted by atomic mass is 35.5. The first kappa shape index (κ1) is 21.2. The topological polar surface area (TPSA) is 132 Å². The third-order valence-electron chi connectivity index (χ3n) is 3.95. The Morgan fingerprint density at radius 2 is 1.66 bits per heavy atom. The second-order valence-corrected chi connectivity index (χ2v) is 6.82. The average Bonchev–Trinajstić information content (AvgIpc) is 3.00. The Morgan fingerprint density at radius 3 is 2.28 bits per heavy atom. The fourth-order valence-electron chi connectivity index (χ4n) is 3.00. The standard InChI is InChI=1S/C16H16Cl2N4O7/c1-6(23)27-9-4-26-15(12(29-8(3)25)11(9)28-7(2)24)22-5-19-10-13(17)20-16(18)21-14(10)22/h5,9,11-12,15H,4H2,1-3H3/t9-,11-,12-,15+/m1/s1. The molecule has 1 fully saturated rings. The van der Waals surface area contributed by atoms with Gasteiger partial charge in [-0.15, -0.1) is 0 Å². The van der Waals surface area contributed by atoms with Crippen molar-refractivity contribution in [2.75, 3.05) is 6.61 Å². The van der Waals surface area contributed by atoms with Crippen molar-refractivity contribution in [3.05, 3.63) is 16.8 Å². The number of esters is 3. The number of nitrogens with zero attached hydrogens (tertiary/aromatic N) is 4. The van der Waals surface area contributed by atoms with Crippen molar-refractivity contribution in [3.63, 3.8) is 0 Å². The van der Waals surface area contributed by atoms with Crippen LogP contribution in [-0.2, 0) is 33.3 Å². The Morgan fingerprint density at radius 1 is 1.03 bits per heavy atom. The lowest BCUT2D eigenvalue weighted by molar-refractivity contribution is -0.239. The van der Waals surface area contributed by atoms with E-state index in [0.717, 1.165) is 0 Å². The number of carbonyl (C=O) groups excluding carboxylic acids is 3. The van der Waals surface area contributed by atoms with Gasteiger partial charge in [-0.05, 0) is 11.6 Å². The van der Waals surface area contributed by atoms with Gasteiger partial charge in [-0.1, -0.05) is 11.6 Å². The number of fused-ring (bicyclic) bond motifs is 1. The highest BCUT2D eigenvalue weighted by molar-refractivity contribution is 6.35. The third kappa shape index (κ3) is 4.57. The monoisotopic (exact) mass is 446 g/mol. The summed E-state index contributed by atoms with van der Waals surface area (Å²) in [6.45, 7) is 3.41. The van der Waals surface area contributed by atoms with Gasteiger partial charge < -0.3 is 18.9 Å². The summed E-state index contributed by atoms with van der Waals surface area (Å²) in [6, 6.07) is 0. The molecular formula is C16H16Cl2N4O7. The summed E-state index contributed by atoms with van der Waals surface area (Å²) in [5.74, 6) is -1.94. The van der Waals surface area contributed by atoms with Crippen molar-refractivity contribution in [2.45, 2.75) is 45.3 Å². The summed E-state index contributed by atoms with van der Waals surface area (Å²) in [7, 11) is 0. The van der Waals surface area contributed by atoms with Crippen LogP contribution in [-0.4, -0.2) is 62.3 Å². The number of halogens is 2. The van der Waals surface area contributed by atoms with Gasteiger partial charge in [-0.2, -0.15) is 4.98 Å². The number of carbonyl (C=O) groups is 3. The van der Waals surface area contributed by atoms with Gasteiger partial charge in [0.2, 0.25) is 5.28 Å². The molecule has 0 aliphatic carbocycles. The van der Waals surface area contributed by atoms with Gasteiger partial charge in [-0.3, -0.25) is 19.0 Å². The van der Waals surface area contributed by atoms with Crippen LogP contribution in [0.5, 0.6) is 0 Å². The van der Waals surface area contributed by atoms with E-state index in [1.807, 2.05) is 0 Å². The first-order valence-corrected chi connectivity index (χ1v) is 9.11. The molecule has 1 aliphatic heterocycles. The smallest absolute Gasteiger partial charge is 0.303 e. The zero-order valence-corrected chi connectivity index (χ0v) is 17.0. The Bertz CT molecular complexity index is 966. The van der Waals surface area contributed by atoms with E-state index in [0.29, 0.717) is 0 Å². The van der Waals surface area contributed by atoms with E-state index >= 15 is 0 Å². The van der Waals surface area contributed by atoms with Crippen LogP contribution in [0.15, 0.2) is 6.33 Å². The summed E-state index contributed by atoms with van der Waals surface area (Å²) in [6.07, 6.45) is -2.99. The van der Waals surface area contributed by atoms with Crippen molar-refractivity contribution in [2.24, 2.45) is 0 Å². The maximum atomic E-state index is 11.7. The highest BCUT2D eigenvalue weighted by Gasteiger charge is 2.48. The molecule has 29 heavy (non-hydrogen) atoms. The normalized spacial score (nSPS) is 24.2. The van der Waals surface area contributed by atoms with Crippen molar-refractivity contribution in [3.8, 4) is 0 Å². The molecule has 0 saturated carbocycles. The molecule has 1 saturated heterocycles. The number of ether oxygens (including phenoxy) is 4. The van der Waals surface area contributed by atoms with Crippen LogP contribution in [0.4, 0.5) is 0 Å². The Hall–Kier alpha value is -2.50. The molecule has 11 nitrogen and oxygen atoms in total. The molecule has 2 aromatic heterocycles. The first-order chi connectivity index (χ1) is 13.7. The van der Waals surface area contributed by atoms with Gasteiger partial charge in [0.25, 0.3) is 0 Å². The zero-order chi connectivity index (χ0) is 21.3. The van der Waals surface area contributed by atoms with Gasteiger partial charge in [0.15, 0.2) is 35.3 Å². The Kier molecular flexibility index (Phi) is 6.20. The van der Waals surface area contributed by atoms with E-state index < -0.39 is 42.4 Å². The molecule has 2 aromatic rings. The van der Waals surface area contributed by atoms with Crippen molar-refractivity contribution in [1.29, 1.82) is 0 Å². The van der Waals surface area contributed by atoms with Gasteiger partial charge in [0.1, 0.15) is 5.52 Å². The lowest BCUT2D eigenvalue weighted by atomic mass is 10.0. The van der Waals surface area contributed by atoms with Gasteiger partial charge in [-0.25, -0.2) is 9.97 Å². The molecule has 13 heteroatoms. The van der Waals surface area contributed by atoms with Crippen molar-refractivity contribution in [1.82, 2.24) is 19.5 Å². The Labute approximate surface area is 174 Å². The van der Waals surface area contributed by atoms with Crippen molar-refractivity contribution >= 4 is 52.3 Å². The Balaban J connectivity index is 2.06. The summed E-state index contributed by atoms with van der Waals surface area (Å²) >= 11 is 11.9. The lowest BCUT2D eigenvalue weighted by Crippen LogP contribution is -2.55. The van der Waals surface area contributed by atoms with Gasteiger partial charge in [0.05, 0.1) is 12.9 Å². The molecule has 3 rings (SSSR count). The number of imidazole rings is 1. The molecule has 0 spiro atoms. The van der Waals surface area contributed by atoms with Crippen LogP contribution in [0.2, 0.25) is 10.4 Å². The predicted octanol–water partition coefficient (Wildman–Crippen LogP) is 1.46. The second kappa shape index (κ2) is 8.47. The molecular weight excluding hydrogens is 431 g/mol. The number of hydrogen-bond acceptors (Lipinski definition) is 10.